The molecule has 2 rings (SSSR count). The smallest absolute Gasteiger partial charge is 0.183 e. The van der Waals surface area contributed by atoms with Gasteiger partial charge in [0.2, 0.25) is 0 Å². The molecule has 0 saturated carbocycles. The summed E-state index contributed by atoms with van der Waals surface area (Å²) in [5.41, 5.74) is 6.03. The van der Waals surface area contributed by atoms with Gasteiger partial charge in [-0.15, -0.1) is 11.3 Å². The first kappa shape index (κ1) is 16.5. The predicted molar refractivity (Wildman–Crippen MR) is 89.9 cm³/mol. The molecule has 0 radical (unpaired) electrons. The Morgan fingerprint density at radius 3 is 2.67 bits per heavy atom. The third-order valence-electron chi connectivity index (χ3n) is 3.39. The Balaban J connectivity index is 2.56. The van der Waals surface area contributed by atoms with Crippen LogP contribution in [0.1, 0.15) is 25.6 Å². The highest BCUT2D eigenvalue weighted by molar-refractivity contribution is 8.00. The van der Waals surface area contributed by atoms with Crippen molar-refractivity contribution in [1.82, 2.24) is 0 Å². The summed E-state index contributed by atoms with van der Waals surface area (Å²) < 4.78 is 24.8. The molecule has 0 aromatic carbocycles. The molecule has 5 nitrogen and oxygen atoms in total. The van der Waals surface area contributed by atoms with Crippen molar-refractivity contribution in [1.29, 1.82) is 5.26 Å². The Labute approximate surface area is 134 Å². The van der Waals surface area contributed by atoms with Crippen LogP contribution >= 0.6 is 23.1 Å². The van der Waals surface area contributed by atoms with Crippen molar-refractivity contribution in [3.8, 4) is 6.07 Å². The van der Waals surface area contributed by atoms with Gasteiger partial charge in [0.05, 0.1) is 11.4 Å². The summed E-state index contributed by atoms with van der Waals surface area (Å²) >= 11 is 3.06. The number of nitriles is 1. The van der Waals surface area contributed by atoms with Crippen LogP contribution in [0, 0.1) is 11.3 Å². The largest absolute Gasteiger partial charge is 0.396 e. The average molecular weight is 346 g/mol. The normalized spacial score (nSPS) is 18.5. The summed E-state index contributed by atoms with van der Waals surface area (Å²) in [6, 6.07) is 2.01. The van der Waals surface area contributed by atoms with Crippen LogP contribution in [0.2, 0.25) is 0 Å². The van der Waals surface area contributed by atoms with Gasteiger partial charge in [-0.1, -0.05) is 6.92 Å². The lowest BCUT2D eigenvalue weighted by Gasteiger charge is -2.38. The average Bonchev–Trinajstić information content (AvgIpc) is 2.75. The molecule has 0 atom stereocenters. The van der Waals surface area contributed by atoms with Gasteiger partial charge in [-0.2, -0.15) is 17.0 Å². The summed E-state index contributed by atoms with van der Waals surface area (Å²) in [7, 11) is -3.45. The molecule has 0 amide bonds. The molecule has 1 aromatic rings. The molecular weight excluding hydrogens is 326 g/mol. The minimum absolute atomic E-state index is 0.0161. The van der Waals surface area contributed by atoms with Crippen LogP contribution in [0.5, 0.6) is 0 Å². The Hall–Kier alpha value is -0.910. The number of rotatable bonds is 3. The summed E-state index contributed by atoms with van der Waals surface area (Å²) in [5, 5.41) is 9.78. The van der Waals surface area contributed by atoms with E-state index in [4.69, 9.17) is 11.0 Å². The fourth-order valence-electron chi connectivity index (χ4n) is 2.34. The van der Waals surface area contributed by atoms with Crippen molar-refractivity contribution in [3.05, 3.63) is 4.88 Å². The van der Waals surface area contributed by atoms with Crippen LogP contribution in [0.4, 0.5) is 10.7 Å². The van der Waals surface area contributed by atoms with E-state index in [1.165, 1.54) is 11.3 Å². The Morgan fingerprint density at radius 1 is 1.48 bits per heavy atom. The van der Waals surface area contributed by atoms with Gasteiger partial charge in [-0.25, -0.2) is 8.42 Å². The second-order valence-corrected chi connectivity index (χ2v) is 10.5. The third-order valence-corrected chi connectivity index (χ3v) is 7.78. The van der Waals surface area contributed by atoms with Crippen molar-refractivity contribution in [3.63, 3.8) is 0 Å². The number of sulfone groups is 1. The molecule has 2 N–H and O–H groups in total. The zero-order chi connectivity index (χ0) is 15.8. The van der Waals surface area contributed by atoms with Gasteiger partial charge >= 0.3 is 0 Å². The quantitative estimate of drug-likeness (QED) is 0.904. The number of nitrogens with two attached hydrogens (primary N) is 1. The number of thiophene rings is 1. The number of hydrogen-bond acceptors (Lipinski definition) is 7. The van der Waals surface area contributed by atoms with E-state index in [2.05, 4.69) is 18.7 Å². The van der Waals surface area contributed by atoms with E-state index in [-0.39, 0.29) is 26.0 Å². The van der Waals surface area contributed by atoms with E-state index in [1.54, 1.807) is 6.92 Å². The maximum atomic E-state index is 12.4. The Bertz CT molecular complexity index is 686. The molecular formula is C13H19N3O2S3. The molecule has 116 valence electrons. The van der Waals surface area contributed by atoms with Crippen LogP contribution in [0.15, 0.2) is 4.90 Å². The molecule has 0 bridgehead atoms. The van der Waals surface area contributed by atoms with Gasteiger partial charge in [-0.3, -0.25) is 0 Å². The van der Waals surface area contributed by atoms with E-state index in [9.17, 15) is 8.42 Å². The number of nitrogens with zero attached hydrogens (tertiary/aromatic N) is 2. The van der Waals surface area contributed by atoms with Gasteiger partial charge in [-0.05, 0) is 13.8 Å². The zero-order valence-corrected chi connectivity index (χ0v) is 14.8. The number of nitrogen functional groups attached to an aromatic ring is 1. The SMILES string of the molecule is CCS(=O)(=O)c1c(N2CCSC(C)(C)C2)sc(C#N)c1N. The highest BCUT2D eigenvalue weighted by Crippen LogP contribution is 2.44. The van der Waals surface area contributed by atoms with Gasteiger partial charge in [0.1, 0.15) is 20.8 Å². The van der Waals surface area contributed by atoms with Crippen LogP contribution in [-0.2, 0) is 9.84 Å². The summed E-state index contributed by atoms with van der Waals surface area (Å²) in [6.07, 6.45) is 0. The van der Waals surface area contributed by atoms with Crippen LogP contribution < -0.4 is 10.6 Å². The monoisotopic (exact) mass is 345 g/mol. The highest BCUT2D eigenvalue weighted by atomic mass is 32.2. The molecule has 1 aromatic heterocycles. The highest BCUT2D eigenvalue weighted by Gasteiger charge is 2.34. The summed E-state index contributed by atoms with van der Waals surface area (Å²) in [5.74, 6) is 0.913. The standard InChI is InChI=1S/C13H19N3O2S3/c1-4-21(17,18)11-10(15)9(7-14)20-12(11)16-5-6-19-13(2,3)8-16/h4-6,8,15H2,1-3H3. The fraction of sp³-hybridized carbons (Fsp3) is 0.615. The Morgan fingerprint density at radius 2 is 2.14 bits per heavy atom. The van der Waals surface area contributed by atoms with E-state index in [0.717, 1.165) is 18.8 Å². The molecule has 1 aliphatic rings. The molecule has 21 heavy (non-hydrogen) atoms. The van der Waals surface area contributed by atoms with E-state index in [1.807, 2.05) is 17.8 Å². The molecule has 1 fully saturated rings. The number of anilines is 2. The lowest BCUT2D eigenvalue weighted by atomic mass is 10.2. The second kappa shape index (κ2) is 5.71. The van der Waals surface area contributed by atoms with Crippen molar-refractivity contribution in [2.45, 2.75) is 30.4 Å². The van der Waals surface area contributed by atoms with Crippen molar-refractivity contribution in [2.75, 3.05) is 35.2 Å². The maximum Gasteiger partial charge on any atom is 0.183 e. The van der Waals surface area contributed by atoms with Crippen LogP contribution in [0.25, 0.3) is 0 Å². The van der Waals surface area contributed by atoms with Crippen molar-refractivity contribution < 1.29 is 8.42 Å². The van der Waals surface area contributed by atoms with Gasteiger partial charge < -0.3 is 10.6 Å². The summed E-state index contributed by atoms with van der Waals surface area (Å²) in [4.78, 5) is 2.49. The predicted octanol–water partition coefficient (Wildman–Crippen LogP) is 2.33. The molecule has 8 heteroatoms. The van der Waals surface area contributed by atoms with Crippen molar-refractivity contribution >= 4 is 43.6 Å². The zero-order valence-electron chi connectivity index (χ0n) is 12.3. The van der Waals surface area contributed by atoms with Gasteiger partial charge in [0, 0.05) is 23.6 Å². The maximum absolute atomic E-state index is 12.4. The summed E-state index contributed by atoms with van der Waals surface area (Å²) in [6.45, 7) is 7.39. The first-order valence-corrected chi connectivity index (χ1v) is 10.1. The van der Waals surface area contributed by atoms with E-state index >= 15 is 0 Å². The van der Waals surface area contributed by atoms with E-state index < -0.39 is 9.84 Å². The van der Waals surface area contributed by atoms with Gasteiger partial charge in [0.15, 0.2) is 9.84 Å². The lowest BCUT2D eigenvalue weighted by molar-refractivity contribution is 0.596. The second-order valence-electron chi connectivity index (χ2n) is 5.52. The topological polar surface area (TPSA) is 87.2 Å². The lowest BCUT2D eigenvalue weighted by Crippen LogP contribution is -2.43. The van der Waals surface area contributed by atoms with Crippen LogP contribution in [-0.4, -0.2) is 37.8 Å². The minimum atomic E-state index is -3.45. The molecule has 0 unspecified atom stereocenters. The van der Waals surface area contributed by atoms with Gasteiger partial charge in [0.25, 0.3) is 0 Å². The molecule has 1 aliphatic heterocycles. The number of hydrogen-bond donors (Lipinski definition) is 1. The third kappa shape index (κ3) is 3.15. The number of thioether (sulfide) groups is 1. The van der Waals surface area contributed by atoms with Crippen molar-refractivity contribution in [2.24, 2.45) is 0 Å². The Kier molecular flexibility index (Phi) is 4.47. The molecule has 0 spiro atoms. The fourth-order valence-corrected chi connectivity index (χ4v) is 6.08. The van der Waals surface area contributed by atoms with Crippen LogP contribution in [0.3, 0.4) is 0 Å². The molecule has 0 aliphatic carbocycles. The molecule has 1 saturated heterocycles. The first-order valence-electron chi connectivity index (χ1n) is 6.66. The minimum Gasteiger partial charge on any atom is -0.396 e. The van der Waals surface area contributed by atoms with E-state index in [0.29, 0.717) is 5.00 Å². The first-order chi connectivity index (χ1) is 9.72. The molecule has 2 heterocycles.